The van der Waals surface area contributed by atoms with Crippen LogP contribution in [-0.4, -0.2) is 15.2 Å². The van der Waals surface area contributed by atoms with Crippen molar-refractivity contribution in [3.05, 3.63) is 24.2 Å². The Morgan fingerprint density at radius 2 is 2.20 bits per heavy atom. The van der Waals surface area contributed by atoms with Crippen LogP contribution in [0.3, 0.4) is 0 Å². The van der Waals surface area contributed by atoms with E-state index in [4.69, 9.17) is 0 Å². The molecule has 50 valence electrons. The Kier molecular flexibility index (Phi) is 0.974. The van der Waals surface area contributed by atoms with Crippen molar-refractivity contribution in [1.29, 1.82) is 0 Å². The lowest BCUT2D eigenvalue weighted by atomic mass is 10.2. The van der Waals surface area contributed by atoms with Crippen LogP contribution in [-0.2, 0) is 0 Å². The largest absolute Gasteiger partial charge is 0.276 e. The number of fused-ring (bicyclic) bond motifs is 1. The molecule has 0 saturated carbocycles. The maximum absolute atomic E-state index is 4.01. The Morgan fingerprint density at radius 1 is 1.30 bits per heavy atom. The molecule has 0 radical (unpaired) electrons. The molecule has 0 aliphatic carbocycles. The van der Waals surface area contributed by atoms with E-state index in [-0.39, 0.29) is 0 Å². The van der Waals surface area contributed by atoms with Gasteiger partial charge in [-0.2, -0.15) is 5.10 Å². The van der Waals surface area contributed by atoms with Gasteiger partial charge in [0.1, 0.15) is 0 Å². The minimum absolute atomic E-state index is 1.00. The van der Waals surface area contributed by atoms with E-state index in [2.05, 4.69) is 15.2 Å². The fraction of sp³-hybridized carbons (Fsp3) is 0.143. The number of aromatic amines is 1. The summed E-state index contributed by atoms with van der Waals surface area (Å²) in [7, 11) is 0. The number of aromatic nitrogens is 3. The first-order valence-electron chi connectivity index (χ1n) is 3.11. The maximum Gasteiger partial charge on any atom is 0.0836 e. The molecule has 0 saturated heterocycles. The fourth-order valence-electron chi connectivity index (χ4n) is 1.00. The highest BCUT2D eigenvalue weighted by Crippen LogP contribution is 2.11. The van der Waals surface area contributed by atoms with Gasteiger partial charge in [0.25, 0.3) is 0 Å². The number of nitrogens with one attached hydrogen (secondary N) is 1. The second-order valence-corrected chi connectivity index (χ2v) is 2.29. The Morgan fingerprint density at radius 3 is 3.00 bits per heavy atom. The lowest BCUT2D eigenvalue weighted by Gasteiger charge is -1.89. The van der Waals surface area contributed by atoms with E-state index in [0.717, 1.165) is 16.5 Å². The molecule has 2 aromatic heterocycles. The van der Waals surface area contributed by atoms with Crippen LogP contribution in [0.2, 0.25) is 0 Å². The molecule has 0 atom stereocenters. The van der Waals surface area contributed by atoms with Crippen LogP contribution in [0.25, 0.3) is 10.9 Å². The van der Waals surface area contributed by atoms with E-state index in [1.807, 2.05) is 19.3 Å². The number of rotatable bonds is 0. The van der Waals surface area contributed by atoms with Gasteiger partial charge >= 0.3 is 0 Å². The van der Waals surface area contributed by atoms with Crippen LogP contribution in [0.1, 0.15) is 5.56 Å². The summed E-state index contributed by atoms with van der Waals surface area (Å²) in [6, 6.07) is 0. The van der Waals surface area contributed by atoms with Crippen LogP contribution >= 0.6 is 0 Å². The highest BCUT2D eigenvalue weighted by molar-refractivity contribution is 5.79. The third-order valence-electron chi connectivity index (χ3n) is 1.57. The first kappa shape index (κ1) is 5.41. The molecule has 3 heteroatoms. The molecule has 1 N–H and O–H groups in total. The molecule has 0 unspecified atom stereocenters. The molecule has 0 fully saturated rings. The minimum atomic E-state index is 1.00. The van der Waals surface area contributed by atoms with Gasteiger partial charge in [0, 0.05) is 11.6 Å². The van der Waals surface area contributed by atoms with E-state index in [9.17, 15) is 0 Å². The number of hydrogen-bond acceptors (Lipinski definition) is 2. The summed E-state index contributed by atoms with van der Waals surface area (Å²) in [6.45, 7) is 2.02. The van der Waals surface area contributed by atoms with Gasteiger partial charge in [-0.25, -0.2) is 0 Å². The number of hydrogen-bond donors (Lipinski definition) is 1. The predicted octanol–water partition coefficient (Wildman–Crippen LogP) is 1.27. The van der Waals surface area contributed by atoms with Crippen molar-refractivity contribution in [3.63, 3.8) is 0 Å². The van der Waals surface area contributed by atoms with Crippen LogP contribution in [0.15, 0.2) is 18.6 Å². The van der Waals surface area contributed by atoms with E-state index >= 15 is 0 Å². The summed E-state index contributed by atoms with van der Waals surface area (Å²) in [6.07, 6.45) is 5.42. The molecule has 0 aliphatic heterocycles. The summed E-state index contributed by atoms with van der Waals surface area (Å²) in [5.41, 5.74) is 2.16. The molecular weight excluding hydrogens is 126 g/mol. The van der Waals surface area contributed by atoms with E-state index in [1.165, 1.54) is 0 Å². The van der Waals surface area contributed by atoms with Gasteiger partial charge in [-0.1, -0.05) is 0 Å². The molecule has 0 aromatic carbocycles. The van der Waals surface area contributed by atoms with Gasteiger partial charge in [0.2, 0.25) is 0 Å². The monoisotopic (exact) mass is 133 g/mol. The number of H-pyrrole nitrogens is 1. The van der Waals surface area contributed by atoms with Crippen LogP contribution in [0.4, 0.5) is 0 Å². The quantitative estimate of drug-likeness (QED) is 0.588. The molecule has 2 heterocycles. The third kappa shape index (κ3) is 0.603. The zero-order chi connectivity index (χ0) is 6.97. The van der Waals surface area contributed by atoms with Crippen molar-refractivity contribution in [2.45, 2.75) is 6.92 Å². The summed E-state index contributed by atoms with van der Waals surface area (Å²) >= 11 is 0. The number of aryl methyl sites for hydroxylation is 1. The normalized spacial score (nSPS) is 10.5. The van der Waals surface area contributed by atoms with E-state index < -0.39 is 0 Å². The van der Waals surface area contributed by atoms with Crippen LogP contribution in [0.5, 0.6) is 0 Å². The van der Waals surface area contributed by atoms with Crippen molar-refractivity contribution < 1.29 is 0 Å². The SMILES string of the molecule is Cc1cncc2[nH]ncc12. The molecule has 0 amide bonds. The average Bonchev–Trinajstić information content (AvgIpc) is 2.36. The van der Waals surface area contributed by atoms with Crippen molar-refractivity contribution in [2.75, 3.05) is 0 Å². The second kappa shape index (κ2) is 1.80. The van der Waals surface area contributed by atoms with E-state index in [0.29, 0.717) is 0 Å². The Bertz CT molecular complexity index is 350. The molecule has 0 bridgehead atoms. The van der Waals surface area contributed by atoms with Gasteiger partial charge in [0.15, 0.2) is 0 Å². The van der Waals surface area contributed by atoms with Crippen molar-refractivity contribution in [3.8, 4) is 0 Å². The minimum Gasteiger partial charge on any atom is -0.276 e. The van der Waals surface area contributed by atoms with Gasteiger partial charge in [0.05, 0.1) is 17.9 Å². The van der Waals surface area contributed by atoms with Gasteiger partial charge < -0.3 is 0 Å². The first-order valence-corrected chi connectivity index (χ1v) is 3.11. The lowest BCUT2D eigenvalue weighted by molar-refractivity contribution is 1.11. The zero-order valence-electron chi connectivity index (χ0n) is 5.63. The Hall–Kier alpha value is -1.38. The third-order valence-corrected chi connectivity index (χ3v) is 1.57. The fourth-order valence-corrected chi connectivity index (χ4v) is 1.00. The van der Waals surface area contributed by atoms with Gasteiger partial charge in [-0.3, -0.25) is 10.1 Å². The summed E-state index contributed by atoms with van der Waals surface area (Å²) < 4.78 is 0. The number of nitrogens with zero attached hydrogens (tertiary/aromatic N) is 2. The zero-order valence-corrected chi connectivity index (χ0v) is 5.63. The van der Waals surface area contributed by atoms with Crippen molar-refractivity contribution in [1.82, 2.24) is 15.2 Å². The smallest absolute Gasteiger partial charge is 0.0836 e. The van der Waals surface area contributed by atoms with Crippen molar-refractivity contribution in [2.24, 2.45) is 0 Å². The van der Waals surface area contributed by atoms with Gasteiger partial charge in [-0.15, -0.1) is 0 Å². The van der Waals surface area contributed by atoms with Crippen LogP contribution in [0, 0.1) is 6.92 Å². The molecule has 0 aliphatic rings. The molecule has 3 nitrogen and oxygen atoms in total. The summed E-state index contributed by atoms with van der Waals surface area (Å²) in [5.74, 6) is 0. The molecule has 2 aromatic rings. The highest BCUT2D eigenvalue weighted by atomic mass is 15.1. The van der Waals surface area contributed by atoms with Crippen LogP contribution < -0.4 is 0 Å². The second-order valence-electron chi connectivity index (χ2n) is 2.29. The van der Waals surface area contributed by atoms with Crippen molar-refractivity contribution >= 4 is 10.9 Å². The lowest BCUT2D eigenvalue weighted by Crippen LogP contribution is -1.76. The average molecular weight is 133 g/mol. The topological polar surface area (TPSA) is 41.6 Å². The number of pyridine rings is 1. The molecule has 10 heavy (non-hydrogen) atoms. The maximum atomic E-state index is 4.01. The molecule has 2 rings (SSSR count). The first-order chi connectivity index (χ1) is 4.88. The summed E-state index contributed by atoms with van der Waals surface area (Å²) in [4.78, 5) is 4.01. The predicted molar refractivity (Wildman–Crippen MR) is 38.6 cm³/mol. The highest BCUT2D eigenvalue weighted by Gasteiger charge is 1.96. The summed E-state index contributed by atoms with van der Waals surface area (Å²) in [5, 5.41) is 7.89. The van der Waals surface area contributed by atoms with E-state index in [1.54, 1.807) is 6.20 Å². The standard InChI is InChI=1S/C7H7N3/c1-5-2-8-4-7-6(5)3-9-10-7/h2-4H,1H3,(H,9,10). The Labute approximate surface area is 58.1 Å². The Balaban J connectivity index is 2.95. The molecule has 0 spiro atoms. The molecular formula is C7H7N3. The van der Waals surface area contributed by atoms with Gasteiger partial charge in [-0.05, 0) is 12.5 Å².